The molecule has 1 saturated heterocycles. The maximum absolute atomic E-state index is 12.8. The fourth-order valence-electron chi connectivity index (χ4n) is 3.49. The molecule has 1 aromatic carbocycles. The lowest BCUT2D eigenvalue weighted by atomic mass is 10.00. The van der Waals surface area contributed by atoms with Crippen LogP contribution in [0.1, 0.15) is 31.7 Å². The molecule has 0 bridgehead atoms. The molecule has 136 valence electrons. The first-order valence-corrected chi connectivity index (χ1v) is 9.00. The van der Waals surface area contributed by atoms with Gasteiger partial charge in [0.2, 0.25) is 0 Å². The second-order valence-electron chi connectivity index (χ2n) is 7.13. The number of fused-ring (bicyclic) bond motifs is 1. The molecule has 0 saturated carbocycles. The molecule has 6 heteroatoms. The number of carbonyl (C=O) groups is 2. The number of hydrogen-bond acceptors (Lipinski definition) is 4. The number of rotatable bonds is 4. The van der Waals surface area contributed by atoms with Crippen molar-refractivity contribution in [2.75, 3.05) is 38.1 Å². The van der Waals surface area contributed by atoms with Crippen LogP contribution >= 0.6 is 0 Å². The van der Waals surface area contributed by atoms with Crippen LogP contribution in [0.2, 0.25) is 0 Å². The maximum Gasteiger partial charge on any atom is 0.280 e. The van der Waals surface area contributed by atoms with Gasteiger partial charge in [-0.15, -0.1) is 0 Å². The zero-order valence-corrected chi connectivity index (χ0v) is 15.3. The van der Waals surface area contributed by atoms with Crippen molar-refractivity contribution in [2.45, 2.75) is 38.7 Å². The molecule has 6 nitrogen and oxygen atoms in total. The van der Waals surface area contributed by atoms with Crippen LogP contribution in [0.25, 0.3) is 0 Å². The summed E-state index contributed by atoms with van der Waals surface area (Å²) in [5.41, 5.74) is 0.207. The van der Waals surface area contributed by atoms with Crippen molar-refractivity contribution >= 4 is 17.5 Å². The zero-order chi connectivity index (χ0) is 18.0. The third kappa shape index (κ3) is 3.49. The lowest BCUT2D eigenvalue weighted by Gasteiger charge is -2.38. The fourth-order valence-corrected chi connectivity index (χ4v) is 3.49. The molecule has 3 rings (SSSR count). The summed E-state index contributed by atoms with van der Waals surface area (Å²) in [4.78, 5) is 29.3. The number of nitrogens with one attached hydrogen (secondary N) is 1. The van der Waals surface area contributed by atoms with E-state index in [1.165, 1.54) is 24.2 Å². The Bertz CT molecular complexity index is 670. The fraction of sp³-hybridized carbons (Fsp3) is 0.579. The van der Waals surface area contributed by atoms with Crippen LogP contribution in [-0.2, 0) is 9.59 Å². The highest BCUT2D eigenvalue weighted by Crippen LogP contribution is 2.37. The molecule has 1 fully saturated rings. The summed E-state index contributed by atoms with van der Waals surface area (Å²) in [5, 5.41) is 2.88. The van der Waals surface area contributed by atoms with Gasteiger partial charge in [0.15, 0.2) is 0 Å². The van der Waals surface area contributed by atoms with Crippen LogP contribution in [0.5, 0.6) is 5.75 Å². The Labute approximate surface area is 149 Å². The average molecular weight is 345 g/mol. The second kappa shape index (κ2) is 7.04. The number of hydrogen-bond donors (Lipinski definition) is 1. The Morgan fingerprint density at radius 1 is 1.28 bits per heavy atom. The highest BCUT2D eigenvalue weighted by atomic mass is 16.5. The van der Waals surface area contributed by atoms with Gasteiger partial charge in [0.1, 0.15) is 5.75 Å². The maximum atomic E-state index is 12.8. The average Bonchev–Trinajstić information content (AvgIpc) is 2.61. The van der Waals surface area contributed by atoms with E-state index in [0.29, 0.717) is 18.0 Å². The van der Waals surface area contributed by atoms with Gasteiger partial charge in [-0.1, -0.05) is 12.5 Å². The predicted octanol–water partition coefficient (Wildman–Crippen LogP) is 1.71. The van der Waals surface area contributed by atoms with Gasteiger partial charge in [-0.05, 0) is 57.5 Å². The van der Waals surface area contributed by atoms with Crippen LogP contribution in [0.15, 0.2) is 18.2 Å². The van der Waals surface area contributed by atoms with Crippen LogP contribution in [0.4, 0.5) is 5.69 Å². The van der Waals surface area contributed by atoms with Crippen molar-refractivity contribution in [1.82, 2.24) is 10.2 Å². The molecule has 0 aliphatic carbocycles. The van der Waals surface area contributed by atoms with E-state index in [2.05, 4.69) is 10.2 Å². The number of likely N-dealkylation sites (N-methyl/N-ethyl adjacent to an activating group) is 1. The number of ether oxygens (including phenoxy) is 1. The Morgan fingerprint density at radius 3 is 2.72 bits per heavy atom. The molecule has 1 aromatic rings. The Hall–Kier alpha value is -2.08. The molecule has 0 spiro atoms. The highest BCUT2D eigenvalue weighted by molar-refractivity contribution is 6.16. The summed E-state index contributed by atoms with van der Waals surface area (Å²) >= 11 is 0. The number of carbonyl (C=O) groups excluding carboxylic acids is 2. The topological polar surface area (TPSA) is 61.9 Å². The Balaban J connectivity index is 1.66. The lowest BCUT2D eigenvalue weighted by molar-refractivity contribution is -0.148. The van der Waals surface area contributed by atoms with Gasteiger partial charge in [-0.25, -0.2) is 0 Å². The minimum Gasteiger partial charge on any atom is -0.466 e. The first-order chi connectivity index (χ1) is 11.9. The summed E-state index contributed by atoms with van der Waals surface area (Å²) in [7, 11) is 1.68. The third-order valence-electron chi connectivity index (χ3n) is 5.10. The Morgan fingerprint density at radius 2 is 2.00 bits per heavy atom. The third-order valence-corrected chi connectivity index (χ3v) is 5.10. The normalized spacial score (nSPS) is 23.8. The summed E-state index contributed by atoms with van der Waals surface area (Å²) in [6.45, 7) is 7.00. The quantitative estimate of drug-likeness (QED) is 0.844. The molecule has 0 radical (unpaired) electrons. The van der Waals surface area contributed by atoms with Crippen molar-refractivity contribution in [1.29, 1.82) is 0 Å². The van der Waals surface area contributed by atoms with Crippen molar-refractivity contribution in [3.8, 4) is 5.75 Å². The van der Waals surface area contributed by atoms with Crippen molar-refractivity contribution in [3.63, 3.8) is 0 Å². The van der Waals surface area contributed by atoms with Gasteiger partial charge in [0.05, 0.1) is 5.69 Å². The minimum atomic E-state index is -1.53. The van der Waals surface area contributed by atoms with Gasteiger partial charge in [-0.2, -0.15) is 0 Å². The van der Waals surface area contributed by atoms with Crippen molar-refractivity contribution in [2.24, 2.45) is 0 Å². The molecular formula is C19H27N3O3. The molecule has 1 atom stereocenters. The molecule has 1 unspecified atom stereocenters. The Kier molecular flexibility index (Phi) is 4.99. The minimum absolute atomic E-state index is 0.346. The smallest absolute Gasteiger partial charge is 0.280 e. The highest BCUT2D eigenvalue weighted by Gasteiger charge is 2.49. The van der Waals surface area contributed by atoms with Gasteiger partial charge in [-0.3, -0.25) is 9.59 Å². The first kappa shape index (κ1) is 17.7. The SMILES string of the molecule is Cc1ccc2c(c1)N(C)C(=O)C(C)(C(=O)NCCN1CCCCC1)O2. The van der Waals surface area contributed by atoms with Gasteiger partial charge < -0.3 is 19.9 Å². The molecular weight excluding hydrogens is 318 g/mol. The molecule has 0 aromatic heterocycles. The van der Waals surface area contributed by atoms with Gasteiger partial charge in [0, 0.05) is 20.1 Å². The van der Waals surface area contributed by atoms with E-state index >= 15 is 0 Å². The summed E-state index contributed by atoms with van der Waals surface area (Å²) in [5.74, 6) is -0.171. The standard InChI is InChI=1S/C19H27N3O3/c1-14-7-8-16-15(13-14)21(3)18(24)19(2,25-16)17(23)20-9-12-22-10-5-4-6-11-22/h7-8,13H,4-6,9-12H2,1-3H3,(H,20,23). The van der Waals surface area contributed by atoms with Crippen molar-refractivity contribution in [3.05, 3.63) is 23.8 Å². The lowest BCUT2D eigenvalue weighted by Crippen LogP contribution is -2.62. The molecule has 2 aliphatic rings. The summed E-state index contributed by atoms with van der Waals surface area (Å²) < 4.78 is 5.84. The summed E-state index contributed by atoms with van der Waals surface area (Å²) in [6, 6.07) is 5.62. The molecule has 25 heavy (non-hydrogen) atoms. The number of nitrogens with zero attached hydrogens (tertiary/aromatic N) is 2. The largest absolute Gasteiger partial charge is 0.466 e. The van der Waals surface area contributed by atoms with E-state index in [4.69, 9.17) is 4.74 Å². The molecule has 1 N–H and O–H groups in total. The first-order valence-electron chi connectivity index (χ1n) is 9.00. The zero-order valence-electron chi connectivity index (χ0n) is 15.3. The van der Waals surface area contributed by atoms with E-state index in [-0.39, 0.29) is 11.8 Å². The number of aryl methyl sites for hydroxylation is 1. The second-order valence-corrected chi connectivity index (χ2v) is 7.13. The number of piperidine rings is 1. The predicted molar refractivity (Wildman–Crippen MR) is 96.9 cm³/mol. The van der Waals surface area contributed by atoms with Crippen LogP contribution in [0.3, 0.4) is 0 Å². The molecule has 2 aliphatic heterocycles. The number of benzene rings is 1. The number of amides is 2. The summed E-state index contributed by atoms with van der Waals surface area (Å²) in [6.07, 6.45) is 3.72. The van der Waals surface area contributed by atoms with E-state index in [0.717, 1.165) is 25.2 Å². The van der Waals surface area contributed by atoms with E-state index in [9.17, 15) is 9.59 Å². The van der Waals surface area contributed by atoms with Gasteiger partial charge in [0.25, 0.3) is 17.4 Å². The number of likely N-dealkylation sites (tertiary alicyclic amines) is 1. The van der Waals surface area contributed by atoms with Crippen LogP contribution in [0, 0.1) is 6.92 Å². The van der Waals surface area contributed by atoms with E-state index < -0.39 is 5.60 Å². The molecule has 2 amide bonds. The van der Waals surface area contributed by atoms with Crippen LogP contribution in [-0.4, -0.2) is 55.5 Å². The monoisotopic (exact) mass is 345 g/mol. The van der Waals surface area contributed by atoms with Crippen LogP contribution < -0.4 is 15.0 Å². The van der Waals surface area contributed by atoms with E-state index in [1.807, 2.05) is 25.1 Å². The molecule has 2 heterocycles. The van der Waals surface area contributed by atoms with Gasteiger partial charge >= 0.3 is 0 Å². The van der Waals surface area contributed by atoms with E-state index in [1.54, 1.807) is 14.0 Å². The number of anilines is 1. The van der Waals surface area contributed by atoms with Crippen molar-refractivity contribution < 1.29 is 14.3 Å².